The second-order valence-electron chi connectivity index (χ2n) is 5.38. The van der Waals surface area contributed by atoms with Crippen LogP contribution in [0, 0.1) is 5.82 Å². The van der Waals surface area contributed by atoms with Crippen LogP contribution in [-0.2, 0) is 6.42 Å². The average molecular weight is 306 g/mol. The Balaban J connectivity index is 2.03. The predicted molar refractivity (Wildman–Crippen MR) is 87.2 cm³/mol. The maximum Gasteiger partial charge on any atom is 0.126 e. The van der Waals surface area contributed by atoms with Gasteiger partial charge >= 0.3 is 0 Å². The molecule has 0 aliphatic rings. The van der Waals surface area contributed by atoms with E-state index in [9.17, 15) is 4.39 Å². The van der Waals surface area contributed by atoms with Crippen LogP contribution in [0.4, 0.5) is 4.39 Å². The highest BCUT2D eigenvalue weighted by molar-refractivity contribution is 6.30. The predicted octanol–water partition coefficient (Wildman–Crippen LogP) is 5.15. The molecule has 0 heterocycles. The van der Waals surface area contributed by atoms with Crippen molar-refractivity contribution in [2.75, 3.05) is 0 Å². The van der Waals surface area contributed by atoms with Gasteiger partial charge in [0.25, 0.3) is 0 Å². The summed E-state index contributed by atoms with van der Waals surface area (Å²) in [6.45, 7) is 4.22. The van der Waals surface area contributed by atoms with Crippen LogP contribution in [0.1, 0.15) is 37.4 Å². The molecule has 0 amide bonds. The van der Waals surface area contributed by atoms with Gasteiger partial charge in [-0.3, -0.25) is 0 Å². The minimum Gasteiger partial charge on any atom is -0.307 e. The highest BCUT2D eigenvalue weighted by Gasteiger charge is 2.14. The molecule has 0 saturated heterocycles. The summed E-state index contributed by atoms with van der Waals surface area (Å²) in [7, 11) is 0. The summed E-state index contributed by atoms with van der Waals surface area (Å²) in [5.41, 5.74) is 1.92. The van der Waals surface area contributed by atoms with Crippen molar-refractivity contribution in [3.05, 3.63) is 70.5 Å². The molecule has 0 saturated carbocycles. The van der Waals surface area contributed by atoms with Crippen LogP contribution >= 0.6 is 11.6 Å². The zero-order chi connectivity index (χ0) is 15.2. The zero-order valence-electron chi connectivity index (χ0n) is 12.4. The van der Waals surface area contributed by atoms with Gasteiger partial charge in [-0.2, -0.15) is 0 Å². The molecular weight excluding hydrogens is 285 g/mol. The van der Waals surface area contributed by atoms with Crippen molar-refractivity contribution in [3.8, 4) is 0 Å². The van der Waals surface area contributed by atoms with E-state index in [2.05, 4.69) is 25.2 Å². The molecule has 2 aromatic carbocycles. The van der Waals surface area contributed by atoms with Gasteiger partial charge in [0.05, 0.1) is 0 Å². The van der Waals surface area contributed by atoms with Crippen molar-refractivity contribution < 1.29 is 4.39 Å². The second-order valence-corrected chi connectivity index (χ2v) is 5.82. The van der Waals surface area contributed by atoms with Crippen LogP contribution in [0.3, 0.4) is 0 Å². The first kappa shape index (κ1) is 16.0. The van der Waals surface area contributed by atoms with E-state index in [1.165, 1.54) is 11.6 Å². The molecule has 2 atom stereocenters. The fourth-order valence-electron chi connectivity index (χ4n) is 2.57. The third kappa shape index (κ3) is 4.55. The van der Waals surface area contributed by atoms with Crippen LogP contribution in [0.2, 0.25) is 5.02 Å². The molecule has 2 unspecified atom stereocenters. The lowest BCUT2D eigenvalue weighted by Gasteiger charge is -2.23. The lowest BCUT2D eigenvalue weighted by molar-refractivity contribution is 0.438. The van der Waals surface area contributed by atoms with Gasteiger partial charge in [-0.25, -0.2) is 4.39 Å². The first-order chi connectivity index (χ1) is 10.1. The Bertz CT molecular complexity index is 585. The highest BCUT2D eigenvalue weighted by atomic mass is 35.5. The van der Waals surface area contributed by atoms with Crippen molar-refractivity contribution >= 4 is 11.6 Å². The van der Waals surface area contributed by atoms with E-state index in [1.54, 1.807) is 6.07 Å². The van der Waals surface area contributed by atoms with Gasteiger partial charge in [-0.05, 0) is 49.1 Å². The fraction of sp³-hybridized carbons (Fsp3) is 0.333. The average Bonchev–Trinajstić information content (AvgIpc) is 2.47. The molecule has 0 spiro atoms. The van der Waals surface area contributed by atoms with Gasteiger partial charge in [0.2, 0.25) is 0 Å². The van der Waals surface area contributed by atoms with Gasteiger partial charge in [-0.1, -0.05) is 48.9 Å². The minimum atomic E-state index is -0.137. The van der Waals surface area contributed by atoms with Crippen molar-refractivity contribution in [3.63, 3.8) is 0 Å². The zero-order valence-corrected chi connectivity index (χ0v) is 13.2. The number of benzene rings is 2. The minimum absolute atomic E-state index is 0.137. The molecule has 2 aromatic rings. The van der Waals surface area contributed by atoms with Gasteiger partial charge < -0.3 is 5.32 Å². The summed E-state index contributed by atoms with van der Waals surface area (Å²) in [5, 5.41) is 4.31. The Labute approximate surface area is 131 Å². The van der Waals surface area contributed by atoms with E-state index in [-0.39, 0.29) is 17.9 Å². The maximum atomic E-state index is 13.7. The quantitative estimate of drug-likeness (QED) is 0.778. The largest absolute Gasteiger partial charge is 0.307 e. The van der Waals surface area contributed by atoms with Crippen molar-refractivity contribution in [2.24, 2.45) is 0 Å². The van der Waals surface area contributed by atoms with E-state index in [1.807, 2.05) is 30.3 Å². The molecule has 0 aromatic heterocycles. The maximum absolute atomic E-state index is 13.7. The summed E-state index contributed by atoms with van der Waals surface area (Å²) in [6, 6.07) is 15.3. The third-order valence-corrected chi connectivity index (χ3v) is 3.86. The Morgan fingerprint density at radius 1 is 1.14 bits per heavy atom. The molecule has 1 N–H and O–H groups in total. The van der Waals surface area contributed by atoms with Crippen LogP contribution in [0.5, 0.6) is 0 Å². The summed E-state index contributed by atoms with van der Waals surface area (Å²) in [4.78, 5) is 0. The summed E-state index contributed by atoms with van der Waals surface area (Å²) < 4.78 is 13.7. The Morgan fingerprint density at radius 3 is 2.57 bits per heavy atom. The molecular formula is C18H21ClFN. The topological polar surface area (TPSA) is 12.0 Å². The summed E-state index contributed by atoms with van der Waals surface area (Å²) >= 11 is 6.06. The van der Waals surface area contributed by atoms with Gasteiger partial charge in [0.1, 0.15) is 5.82 Å². The molecule has 0 fully saturated rings. The number of hydrogen-bond acceptors (Lipinski definition) is 1. The molecule has 0 aliphatic carbocycles. The lowest BCUT2D eigenvalue weighted by atomic mass is 10.0. The lowest BCUT2D eigenvalue weighted by Crippen LogP contribution is -2.32. The molecule has 112 valence electrons. The van der Waals surface area contributed by atoms with E-state index < -0.39 is 0 Å². The third-order valence-electron chi connectivity index (χ3n) is 3.63. The number of nitrogens with one attached hydrogen (secondary N) is 1. The first-order valence-electron chi connectivity index (χ1n) is 7.35. The van der Waals surface area contributed by atoms with E-state index in [4.69, 9.17) is 11.6 Å². The second kappa shape index (κ2) is 7.58. The van der Waals surface area contributed by atoms with Crippen LogP contribution in [0.25, 0.3) is 0 Å². The fourth-order valence-corrected chi connectivity index (χ4v) is 2.77. The number of hydrogen-bond donors (Lipinski definition) is 1. The molecule has 0 radical (unpaired) electrons. The normalized spacial score (nSPS) is 13.9. The van der Waals surface area contributed by atoms with Crippen molar-refractivity contribution in [2.45, 2.75) is 38.8 Å². The van der Waals surface area contributed by atoms with E-state index in [0.29, 0.717) is 6.42 Å². The SMILES string of the molecule is CCC(NC(C)Cc1ccccc1F)c1cccc(Cl)c1. The molecule has 3 heteroatoms. The Morgan fingerprint density at radius 2 is 1.90 bits per heavy atom. The summed E-state index contributed by atoms with van der Waals surface area (Å²) in [6.07, 6.45) is 1.63. The van der Waals surface area contributed by atoms with E-state index >= 15 is 0 Å². The van der Waals surface area contributed by atoms with E-state index in [0.717, 1.165) is 17.0 Å². The molecule has 2 rings (SSSR count). The van der Waals surface area contributed by atoms with Crippen LogP contribution in [0.15, 0.2) is 48.5 Å². The van der Waals surface area contributed by atoms with Crippen molar-refractivity contribution in [1.29, 1.82) is 0 Å². The monoisotopic (exact) mass is 305 g/mol. The standard InChI is InChI=1S/C18H21ClFN/c1-3-18(15-8-6-9-16(19)12-15)21-13(2)11-14-7-4-5-10-17(14)20/h4-10,12-13,18,21H,3,11H2,1-2H3. The highest BCUT2D eigenvalue weighted by Crippen LogP contribution is 2.21. The molecule has 1 nitrogen and oxygen atoms in total. The van der Waals surface area contributed by atoms with Crippen LogP contribution < -0.4 is 5.32 Å². The summed E-state index contributed by atoms with van der Waals surface area (Å²) in [5.74, 6) is -0.137. The van der Waals surface area contributed by atoms with Crippen molar-refractivity contribution in [1.82, 2.24) is 5.32 Å². The van der Waals surface area contributed by atoms with Gasteiger partial charge in [0, 0.05) is 17.1 Å². The Kier molecular flexibility index (Phi) is 5.77. The smallest absolute Gasteiger partial charge is 0.126 e. The van der Waals surface area contributed by atoms with Gasteiger partial charge in [-0.15, -0.1) is 0 Å². The number of halogens is 2. The Hall–Kier alpha value is -1.38. The van der Waals surface area contributed by atoms with Gasteiger partial charge in [0.15, 0.2) is 0 Å². The molecule has 0 aliphatic heterocycles. The number of rotatable bonds is 6. The van der Waals surface area contributed by atoms with Crippen LogP contribution in [-0.4, -0.2) is 6.04 Å². The first-order valence-corrected chi connectivity index (χ1v) is 7.73. The molecule has 21 heavy (non-hydrogen) atoms. The molecule has 0 bridgehead atoms.